The summed E-state index contributed by atoms with van der Waals surface area (Å²) in [5.41, 5.74) is 6.68. The molecule has 0 atom stereocenters. The van der Waals surface area contributed by atoms with Crippen molar-refractivity contribution in [3.05, 3.63) is 57.6 Å². The van der Waals surface area contributed by atoms with Gasteiger partial charge >= 0.3 is 0 Å². The fourth-order valence-electron chi connectivity index (χ4n) is 1.21. The molecule has 1 aromatic rings. The predicted molar refractivity (Wildman–Crippen MR) is 71.7 cm³/mol. The minimum atomic E-state index is -0.663. The first-order valence-corrected chi connectivity index (χ1v) is 6.93. The number of halogens is 2. The molecule has 0 fully saturated rings. The molecule has 0 saturated heterocycles. The minimum absolute atomic E-state index is 0.294. The van der Waals surface area contributed by atoms with Gasteiger partial charge in [-0.1, -0.05) is 30.3 Å². The van der Waals surface area contributed by atoms with Crippen molar-refractivity contribution in [1.29, 1.82) is 0 Å². The van der Waals surface area contributed by atoms with Crippen LogP contribution in [-0.4, -0.2) is 3.63 Å². The van der Waals surface area contributed by atoms with Gasteiger partial charge in [0.05, 0.1) is 0 Å². The zero-order chi connectivity index (χ0) is 11.4. The second-order valence-corrected chi connectivity index (χ2v) is 5.97. The van der Waals surface area contributed by atoms with Gasteiger partial charge in [-0.15, -0.1) is 0 Å². The zero-order valence-corrected chi connectivity index (χ0v) is 10.6. The van der Waals surface area contributed by atoms with Crippen LogP contribution in [0.2, 0.25) is 0 Å². The van der Waals surface area contributed by atoms with E-state index in [2.05, 4.69) is 0 Å². The van der Waals surface area contributed by atoms with Gasteiger partial charge in [0.1, 0.15) is 6.61 Å². The molecule has 2 nitrogen and oxygen atoms in total. The van der Waals surface area contributed by atoms with E-state index in [0.717, 1.165) is 9.20 Å². The lowest BCUT2D eigenvalue weighted by atomic mass is 10.2. The third-order valence-corrected chi connectivity index (χ3v) is 4.28. The second kappa shape index (κ2) is 5.36. The Balaban J connectivity index is 2.04. The molecule has 2 rings (SSSR count). The molecule has 0 aliphatic carbocycles. The highest BCUT2D eigenvalue weighted by atomic mass is 127. The molecule has 0 bridgehead atoms. The summed E-state index contributed by atoms with van der Waals surface area (Å²) in [6, 6.07) is 9.69. The van der Waals surface area contributed by atoms with Crippen molar-refractivity contribution in [3.8, 4) is 0 Å². The lowest BCUT2D eigenvalue weighted by Crippen LogP contribution is -2.07. The highest BCUT2D eigenvalue weighted by Crippen LogP contribution is 2.27. The molecule has 1 aliphatic heterocycles. The van der Waals surface area contributed by atoms with E-state index in [9.17, 15) is 4.39 Å². The average molecular weight is 331 g/mol. The van der Waals surface area contributed by atoms with Gasteiger partial charge in [-0.2, -0.15) is 0 Å². The van der Waals surface area contributed by atoms with E-state index in [4.69, 9.17) is 10.5 Å². The zero-order valence-electron chi connectivity index (χ0n) is 8.49. The third kappa shape index (κ3) is 2.99. The number of hydrogen-bond acceptors (Lipinski definition) is 2. The number of rotatable bonds is 3. The van der Waals surface area contributed by atoms with Crippen molar-refractivity contribution in [1.82, 2.24) is 0 Å². The Kier molecular flexibility index (Phi) is 3.84. The first kappa shape index (κ1) is 11.5. The monoisotopic (exact) mass is 331 g/mol. The quantitative estimate of drug-likeness (QED) is 0.865. The molecule has 0 saturated carbocycles. The van der Waals surface area contributed by atoms with E-state index in [1.807, 2.05) is 30.3 Å². The molecule has 1 heterocycles. The number of hydrogen-bond donors (Lipinski definition) is 1. The molecule has 4 heteroatoms. The van der Waals surface area contributed by atoms with E-state index >= 15 is 0 Å². The number of benzene rings is 1. The average Bonchev–Trinajstić information content (AvgIpc) is 2.32. The van der Waals surface area contributed by atoms with Crippen LogP contribution in [0.15, 0.2) is 52.1 Å². The SMILES string of the molecule is NC1=IC(OCc2ccccc2)=C(F)C=C1. The van der Waals surface area contributed by atoms with Crippen LogP contribution in [0.4, 0.5) is 4.39 Å². The Bertz CT molecular complexity index is 465. The maximum absolute atomic E-state index is 13.4. The van der Waals surface area contributed by atoms with E-state index in [1.165, 1.54) is 6.08 Å². The van der Waals surface area contributed by atoms with Crippen LogP contribution in [0.5, 0.6) is 0 Å². The lowest BCUT2D eigenvalue weighted by Gasteiger charge is -2.09. The normalized spacial score (nSPS) is 15.5. The molecule has 2 N–H and O–H groups in total. The summed E-state index contributed by atoms with van der Waals surface area (Å²) < 4.78 is 19.9. The maximum atomic E-state index is 13.4. The van der Waals surface area contributed by atoms with Gasteiger partial charge < -0.3 is 4.74 Å². The van der Waals surface area contributed by atoms with Crippen molar-refractivity contribution in [2.45, 2.75) is 6.61 Å². The lowest BCUT2D eigenvalue weighted by molar-refractivity contribution is 0.223. The Hall–Kier alpha value is -1.01. The largest absolute Gasteiger partial charge is 0.480 e. The molecule has 0 aromatic heterocycles. The van der Waals surface area contributed by atoms with Crippen LogP contribution in [0.25, 0.3) is 0 Å². The molecule has 0 spiro atoms. The van der Waals surface area contributed by atoms with Crippen LogP contribution in [-0.2, 0) is 11.3 Å². The van der Waals surface area contributed by atoms with Crippen molar-refractivity contribution < 1.29 is 9.13 Å². The summed E-state index contributed by atoms with van der Waals surface area (Å²) in [5.74, 6) is -0.294. The van der Waals surface area contributed by atoms with Gasteiger partial charge in [-0.05, 0) is 38.4 Å². The van der Waals surface area contributed by atoms with Gasteiger partial charge in [0, 0.05) is 3.63 Å². The molecule has 1 aliphatic rings. The van der Waals surface area contributed by atoms with Crippen molar-refractivity contribution in [2.75, 3.05) is 0 Å². The Labute approximate surface area is 103 Å². The van der Waals surface area contributed by atoms with Gasteiger partial charge in [0.2, 0.25) is 0 Å². The van der Waals surface area contributed by atoms with E-state index in [-0.39, 0.29) is 5.83 Å². The van der Waals surface area contributed by atoms with Crippen LogP contribution >= 0.6 is 20.7 Å². The predicted octanol–water partition coefficient (Wildman–Crippen LogP) is 2.97. The molecule has 16 heavy (non-hydrogen) atoms. The second-order valence-electron chi connectivity index (χ2n) is 3.21. The first-order chi connectivity index (χ1) is 7.75. The van der Waals surface area contributed by atoms with Gasteiger partial charge in [-0.25, -0.2) is 4.39 Å². The molecular weight excluding hydrogens is 320 g/mol. The van der Waals surface area contributed by atoms with Gasteiger partial charge in [-0.3, -0.25) is 5.73 Å². The highest BCUT2D eigenvalue weighted by molar-refractivity contribution is 14.2. The molecule has 0 radical (unpaired) electrons. The minimum Gasteiger partial charge on any atom is -0.480 e. The fraction of sp³-hybridized carbons (Fsp3) is 0.0833. The fourth-order valence-corrected chi connectivity index (χ4v) is 2.89. The van der Waals surface area contributed by atoms with E-state index in [0.29, 0.717) is 10.4 Å². The molecule has 0 unspecified atom stereocenters. The number of nitrogens with two attached hydrogens (primary N) is 1. The Morgan fingerprint density at radius 1 is 1.19 bits per heavy atom. The maximum Gasteiger partial charge on any atom is 0.188 e. The van der Waals surface area contributed by atoms with E-state index in [1.54, 1.807) is 6.08 Å². The summed E-state index contributed by atoms with van der Waals surface area (Å²) in [4.78, 5) is 0. The number of ether oxygens (including phenoxy) is 1. The summed E-state index contributed by atoms with van der Waals surface area (Å²) in [6.07, 6.45) is 2.97. The van der Waals surface area contributed by atoms with E-state index < -0.39 is 20.7 Å². The summed E-state index contributed by atoms with van der Waals surface area (Å²) in [5, 5.41) is 0. The smallest absolute Gasteiger partial charge is 0.188 e. The third-order valence-electron chi connectivity index (χ3n) is 1.98. The molecular formula is C12H11FINO. The van der Waals surface area contributed by atoms with Gasteiger partial charge in [0.15, 0.2) is 9.59 Å². The van der Waals surface area contributed by atoms with Crippen molar-refractivity contribution in [3.63, 3.8) is 0 Å². The topological polar surface area (TPSA) is 35.2 Å². The van der Waals surface area contributed by atoms with Crippen molar-refractivity contribution in [2.24, 2.45) is 5.73 Å². The van der Waals surface area contributed by atoms with Crippen LogP contribution in [0.3, 0.4) is 0 Å². The Morgan fingerprint density at radius 2 is 1.94 bits per heavy atom. The number of allylic oxidation sites excluding steroid dienone is 2. The molecule has 0 amide bonds. The highest BCUT2D eigenvalue weighted by Gasteiger charge is 2.08. The van der Waals surface area contributed by atoms with Crippen molar-refractivity contribution >= 4 is 24.4 Å². The molecule has 84 valence electrons. The Morgan fingerprint density at radius 3 is 2.69 bits per heavy atom. The summed E-state index contributed by atoms with van der Waals surface area (Å²) >= 11 is -0.663. The van der Waals surface area contributed by atoms with Crippen LogP contribution in [0.1, 0.15) is 5.56 Å². The standard InChI is InChI=1S/C12H11FINO/c13-10-6-7-11(15)14-12(10)16-8-9-4-2-1-3-5-9/h1-7H,8,15H2. The van der Waals surface area contributed by atoms with Gasteiger partial charge in [0.25, 0.3) is 0 Å². The van der Waals surface area contributed by atoms with Crippen LogP contribution < -0.4 is 5.73 Å². The van der Waals surface area contributed by atoms with Crippen LogP contribution in [0, 0.1) is 0 Å². The summed E-state index contributed by atoms with van der Waals surface area (Å²) in [6.45, 7) is 0.393. The molecule has 1 aromatic carbocycles. The summed E-state index contributed by atoms with van der Waals surface area (Å²) in [7, 11) is 0. The first-order valence-electron chi connectivity index (χ1n) is 4.77.